The number of rotatable bonds is 3. The molecular weight excluding hydrogens is 312 g/mol. The van der Waals surface area contributed by atoms with Crippen molar-refractivity contribution in [2.45, 2.75) is 6.92 Å². The van der Waals surface area contributed by atoms with E-state index < -0.39 is 0 Å². The molecule has 3 aromatic rings. The second-order valence-corrected chi connectivity index (χ2v) is 5.58. The highest BCUT2D eigenvalue weighted by Gasteiger charge is 2.11. The Hall–Kier alpha value is -3.65. The van der Waals surface area contributed by atoms with Gasteiger partial charge in [-0.15, -0.1) is 0 Å². The Morgan fingerprint density at radius 2 is 1.80 bits per heavy atom. The summed E-state index contributed by atoms with van der Waals surface area (Å²) in [6, 6.07) is 19.8. The molecule has 0 fully saturated rings. The Morgan fingerprint density at radius 1 is 1.08 bits per heavy atom. The molecule has 1 aromatic heterocycles. The number of para-hydroxylation sites is 2. The van der Waals surface area contributed by atoms with Crippen molar-refractivity contribution in [2.75, 3.05) is 11.1 Å². The van der Waals surface area contributed by atoms with Crippen molar-refractivity contribution in [2.24, 2.45) is 0 Å². The van der Waals surface area contributed by atoms with Gasteiger partial charge >= 0.3 is 0 Å². The minimum atomic E-state index is -0.248. The monoisotopic (exact) mass is 328 g/mol. The molecule has 0 spiro atoms. The van der Waals surface area contributed by atoms with Crippen molar-refractivity contribution in [3.63, 3.8) is 0 Å². The SMILES string of the molecule is Cc1ccc(C#N)c(-c2ccc(C(=O)Nc3ccccc3N)cc2)n1. The molecule has 0 saturated heterocycles. The lowest BCUT2D eigenvalue weighted by molar-refractivity contribution is 0.102. The van der Waals surface area contributed by atoms with Crippen LogP contribution in [-0.4, -0.2) is 10.9 Å². The van der Waals surface area contributed by atoms with E-state index in [9.17, 15) is 10.1 Å². The maximum atomic E-state index is 12.4. The van der Waals surface area contributed by atoms with Crippen molar-refractivity contribution in [3.8, 4) is 17.3 Å². The fourth-order valence-corrected chi connectivity index (χ4v) is 2.45. The van der Waals surface area contributed by atoms with Gasteiger partial charge in [0.25, 0.3) is 5.91 Å². The molecule has 0 aliphatic rings. The quantitative estimate of drug-likeness (QED) is 0.716. The highest BCUT2D eigenvalue weighted by Crippen LogP contribution is 2.23. The Labute approximate surface area is 145 Å². The van der Waals surface area contributed by atoms with Crippen molar-refractivity contribution in [1.82, 2.24) is 4.98 Å². The zero-order chi connectivity index (χ0) is 17.8. The van der Waals surface area contributed by atoms with Crippen LogP contribution in [0.25, 0.3) is 11.3 Å². The number of aromatic nitrogens is 1. The molecule has 0 aliphatic carbocycles. The summed E-state index contributed by atoms with van der Waals surface area (Å²) in [4.78, 5) is 16.8. The first-order chi connectivity index (χ1) is 12.1. The lowest BCUT2D eigenvalue weighted by Gasteiger charge is -2.09. The van der Waals surface area contributed by atoms with E-state index in [4.69, 9.17) is 5.73 Å². The smallest absolute Gasteiger partial charge is 0.255 e. The summed E-state index contributed by atoms with van der Waals surface area (Å²) in [7, 11) is 0. The normalized spacial score (nSPS) is 10.1. The molecule has 0 aliphatic heterocycles. The molecule has 0 unspecified atom stereocenters. The third-order valence-corrected chi connectivity index (χ3v) is 3.78. The summed E-state index contributed by atoms with van der Waals surface area (Å²) in [5, 5.41) is 12.0. The molecule has 25 heavy (non-hydrogen) atoms. The van der Waals surface area contributed by atoms with Crippen LogP contribution in [0.3, 0.4) is 0 Å². The van der Waals surface area contributed by atoms with E-state index in [0.29, 0.717) is 28.2 Å². The lowest BCUT2D eigenvalue weighted by atomic mass is 10.0. The van der Waals surface area contributed by atoms with Crippen LogP contribution in [0.4, 0.5) is 11.4 Å². The third kappa shape index (κ3) is 3.48. The average Bonchev–Trinajstić information content (AvgIpc) is 2.63. The van der Waals surface area contributed by atoms with Crippen LogP contribution in [0.1, 0.15) is 21.6 Å². The van der Waals surface area contributed by atoms with Crippen molar-refractivity contribution in [1.29, 1.82) is 5.26 Å². The molecule has 0 atom stereocenters. The van der Waals surface area contributed by atoms with Gasteiger partial charge in [0.05, 0.1) is 22.6 Å². The first-order valence-electron chi connectivity index (χ1n) is 7.72. The second-order valence-electron chi connectivity index (χ2n) is 5.58. The van der Waals surface area contributed by atoms with Gasteiger partial charge < -0.3 is 11.1 Å². The van der Waals surface area contributed by atoms with Gasteiger partial charge in [-0.2, -0.15) is 5.26 Å². The van der Waals surface area contributed by atoms with E-state index in [1.54, 1.807) is 54.6 Å². The van der Waals surface area contributed by atoms with Crippen LogP contribution < -0.4 is 11.1 Å². The molecular formula is C20H16N4O. The van der Waals surface area contributed by atoms with Crippen LogP contribution in [0.5, 0.6) is 0 Å². The molecule has 5 nitrogen and oxygen atoms in total. The zero-order valence-electron chi connectivity index (χ0n) is 13.7. The van der Waals surface area contributed by atoms with Crippen molar-refractivity contribution < 1.29 is 4.79 Å². The number of nitrogens with one attached hydrogen (secondary N) is 1. The topological polar surface area (TPSA) is 91.8 Å². The number of nitrogens with zero attached hydrogens (tertiary/aromatic N) is 2. The zero-order valence-corrected chi connectivity index (χ0v) is 13.7. The van der Waals surface area contributed by atoms with Crippen LogP contribution in [0.2, 0.25) is 0 Å². The number of aryl methyl sites for hydroxylation is 1. The molecule has 3 N–H and O–H groups in total. The summed E-state index contributed by atoms with van der Waals surface area (Å²) < 4.78 is 0. The highest BCUT2D eigenvalue weighted by molar-refractivity contribution is 6.05. The van der Waals surface area contributed by atoms with Gasteiger partial charge in [0.1, 0.15) is 6.07 Å². The Kier molecular flexibility index (Phi) is 4.44. The van der Waals surface area contributed by atoms with Gasteiger partial charge in [-0.3, -0.25) is 9.78 Å². The van der Waals surface area contributed by atoms with Gasteiger partial charge in [0, 0.05) is 16.8 Å². The molecule has 5 heteroatoms. The van der Waals surface area contributed by atoms with Crippen LogP contribution in [0, 0.1) is 18.3 Å². The lowest BCUT2D eigenvalue weighted by Crippen LogP contribution is -2.13. The fraction of sp³-hybridized carbons (Fsp3) is 0.0500. The average molecular weight is 328 g/mol. The summed E-state index contributed by atoms with van der Waals surface area (Å²) in [5.74, 6) is -0.248. The minimum Gasteiger partial charge on any atom is -0.397 e. The van der Waals surface area contributed by atoms with E-state index in [-0.39, 0.29) is 5.91 Å². The number of nitriles is 1. The Morgan fingerprint density at radius 3 is 2.48 bits per heavy atom. The standard InChI is InChI=1S/C20H16N4O/c1-13-6-7-16(12-21)19(23-13)14-8-10-15(11-9-14)20(25)24-18-5-3-2-4-17(18)22/h2-11H,22H2,1H3,(H,24,25). The fourth-order valence-electron chi connectivity index (χ4n) is 2.45. The number of nitrogens with two attached hydrogens (primary N) is 1. The van der Waals surface area contributed by atoms with E-state index in [1.165, 1.54) is 0 Å². The van der Waals surface area contributed by atoms with Gasteiger partial charge in [0.2, 0.25) is 0 Å². The maximum absolute atomic E-state index is 12.4. The second kappa shape index (κ2) is 6.85. The maximum Gasteiger partial charge on any atom is 0.255 e. The molecule has 122 valence electrons. The van der Waals surface area contributed by atoms with E-state index in [2.05, 4.69) is 16.4 Å². The number of anilines is 2. The van der Waals surface area contributed by atoms with Gasteiger partial charge in [0.15, 0.2) is 0 Å². The molecule has 0 bridgehead atoms. The summed E-state index contributed by atoms with van der Waals surface area (Å²) in [6.45, 7) is 1.87. The van der Waals surface area contributed by atoms with Crippen LogP contribution in [-0.2, 0) is 0 Å². The number of carbonyl (C=O) groups excluding carboxylic acids is 1. The first kappa shape index (κ1) is 16.2. The molecule has 0 radical (unpaired) electrons. The number of pyridine rings is 1. The number of carbonyl (C=O) groups is 1. The Balaban J connectivity index is 1.86. The highest BCUT2D eigenvalue weighted by atomic mass is 16.1. The molecule has 3 rings (SSSR count). The molecule has 1 heterocycles. The number of amides is 1. The largest absolute Gasteiger partial charge is 0.397 e. The van der Waals surface area contributed by atoms with E-state index in [1.807, 2.05) is 13.0 Å². The summed E-state index contributed by atoms with van der Waals surface area (Å²) >= 11 is 0. The van der Waals surface area contributed by atoms with Crippen molar-refractivity contribution >= 4 is 17.3 Å². The first-order valence-corrected chi connectivity index (χ1v) is 7.72. The van der Waals surface area contributed by atoms with Crippen LogP contribution >= 0.6 is 0 Å². The van der Waals surface area contributed by atoms with Gasteiger partial charge in [-0.1, -0.05) is 24.3 Å². The van der Waals surface area contributed by atoms with Crippen molar-refractivity contribution in [3.05, 3.63) is 77.5 Å². The number of hydrogen-bond donors (Lipinski definition) is 2. The number of hydrogen-bond acceptors (Lipinski definition) is 4. The summed E-state index contributed by atoms with van der Waals surface area (Å²) in [6.07, 6.45) is 0. The molecule has 2 aromatic carbocycles. The third-order valence-electron chi connectivity index (χ3n) is 3.78. The minimum absolute atomic E-state index is 0.248. The summed E-state index contributed by atoms with van der Waals surface area (Å²) in [5.41, 5.74) is 10.1. The molecule has 0 saturated carbocycles. The van der Waals surface area contributed by atoms with Gasteiger partial charge in [-0.05, 0) is 43.3 Å². The predicted molar refractivity (Wildman–Crippen MR) is 97.9 cm³/mol. The van der Waals surface area contributed by atoms with E-state index >= 15 is 0 Å². The number of benzene rings is 2. The predicted octanol–water partition coefficient (Wildman–Crippen LogP) is 3.76. The Bertz CT molecular complexity index is 972. The molecule has 1 amide bonds. The number of nitrogen functional groups attached to an aromatic ring is 1. The van der Waals surface area contributed by atoms with Crippen LogP contribution in [0.15, 0.2) is 60.7 Å². The van der Waals surface area contributed by atoms with Gasteiger partial charge in [-0.25, -0.2) is 0 Å². The van der Waals surface area contributed by atoms with E-state index in [0.717, 1.165) is 11.3 Å².